The van der Waals surface area contributed by atoms with Gasteiger partial charge in [-0.2, -0.15) is 0 Å². The predicted molar refractivity (Wildman–Crippen MR) is 112 cm³/mol. The second kappa shape index (κ2) is 8.35. The number of benzene rings is 2. The summed E-state index contributed by atoms with van der Waals surface area (Å²) in [5, 5.41) is 10.3. The molecule has 1 aliphatic rings. The van der Waals surface area contributed by atoms with Gasteiger partial charge in [0.1, 0.15) is 11.6 Å². The molecule has 3 aromatic rings. The molecule has 0 saturated carbocycles. The van der Waals surface area contributed by atoms with Gasteiger partial charge in [-0.1, -0.05) is 6.07 Å². The molecule has 0 aliphatic carbocycles. The Labute approximate surface area is 169 Å². The first kappa shape index (κ1) is 19.6. The van der Waals surface area contributed by atoms with E-state index in [-0.39, 0.29) is 12.4 Å². The van der Waals surface area contributed by atoms with Crippen molar-refractivity contribution in [2.75, 3.05) is 25.9 Å². The van der Waals surface area contributed by atoms with Crippen molar-refractivity contribution >= 4 is 16.6 Å². The van der Waals surface area contributed by atoms with E-state index in [1.54, 1.807) is 13.2 Å². The van der Waals surface area contributed by atoms with Gasteiger partial charge in [0.2, 0.25) is 0 Å². The highest BCUT2D eigenvalue weighted by Gasteiger charge is 2.24. The van der Waals surface area contributed by atoms with Crippen molar-refractivity contribution in [3.8, 4) is 5.75 Å². The van der Waals surface area contributed by atoms with E-state index < -0.39 is 0 Å². The number of anilines is 1. The van der Waals surface area contributed by atoms with Gasteiger partial charge in [0.15, 0.2) is 0 Å². The number of halogens is 1. The number of ether oxygens (including phenoxy) is 1. The van der Waals surface area contributed by atoms with Crippen LogP contribution >= 0.6 is 0 Å². The molecule has 29 heavy (non-hydrogen) atoms. The summed E-state index contributed by atoms with van der Waals surface area (Å²) < 4.78 is 18.7. The molecule has 1 aromatic heterocycles. The van der Waals surface area contributed by atoms with Crippen molar-refractivity contribution in [2.24, 2.45) is 0 Å². The second-order valence-electron chi connectivity index (χ2n) is 7.65. The predicted octanol–water partition coefficient (Wildman–Crippen LogP) is 3.84. The molecular weight excluding hydrogens is 369 g/mol. The van der Waals surface area contributed by atoms with Crippen molar-refractivity contribution in [3.63, 3.8) is 0 Å². The average molecular weight is 395 g/mol. The van der Waals surface area contributed by atoms with E-state index in [4.69, 9.17) is 15.5 Å². The highest BCUT2D eigenvalue weighted by atomic mass is 19.1. The van der Waals surface area contributed by atoms with Crippen LogP contribution in [0.4, 0.5) is 10.1 Å². The molecule has 1 saturated heterocycles. The highest BCUT2D eigenvalue weighted by Crippen LogP contribution is 2.33. The Balaban J connectivity index is 1.44. The Hall–Kier alpha value is -2.70. The fourth-order valence-electron chi connectivity index (χ4n) is 4.18. The standard InChI is InChI=1S/C23H26FN3O2/c1-29-22-5-2-15(10-18(22)14-28)13-27-8-6-16(7-9-27)23-20(25)12-17-11-19(24)3-4-21(17)26-23/h2-5,10-12,16,28H,6-9,13-14,25H2,1H3. The van der Waals surface area contributed by atoms with E-state index >= 15 is 0 Å². The minimum Gasteiger partial charge on any atom is -0.496 e. The maximum atomic E-state index is 13.4. The molecule has 2 aromatic carbocycles. The maximum Gasteiger partial charge on any atom is 0.124 e. The van der Waals surface area contributed by atoms with Crippen LogP contribution < -0.4 is 10.5 Å². The SMILES string of the molecule is COc1ccc(CN2CCC(c3nc4ccc(F)cc4cc3N)CC2)cc1CO. The number of aliphatic hydroxyl groups excluding tert-OH is 1. The molecular formula is C23H26FN3O2. The number of aliphatic hydroxyl groups is 1. The average Bonchev–Trinajstić information content (AvgIpc) is 2.73. The van der Waals surface area contributed by atoms with E-state index in [0.717, 1.165) is 54.6 Å². The van der Waals surface area contributed by atoms with Gasteiger partial charge in [-0.15, -0.1) is 0 Å². The number of hydrogen-bond acceptors (Lipinski definition) is 5. The summed E-state index contributed by atoms with van der Waals surface area (Å²) in [6, 6.07) is 12.4. The molecule has 0 radical (unpaired) electrons. The zero-order chi connectivity index (χ0) is 20.4. The van der Waals surface area contributed by atoms with Crippen LogP contribution in [-0.2, 0) is 13.2 Å². The summed E-state index contributed by atoms with van der Waals surface area (Å²) in [6.45, 7) is 2.71. The van der Waals surface area contributed by atoms with Crippen molar-refractivity contribution in [1.82, 2.24) is 9.88 Å². The Bertz CT molecular complexity index is 1020. The van der Waals surface area contributed by atoms with Crippen molar-refractivity contribution in [2.45, 2.75) is 31.9 Å². The summed E-state index contributed by atoms with van der Waals surface area (Å²) in [6.07, 6.45) is 1.96. The third-order valence-electron chi connectivity index (χ3n) is 5.73. The second-order valence-corrected chi connectivity index (χ2v) is 7.65. The maximum absolute atomic E-state index is 13.4. The number of nitrogens with two attached hydrogens (primary N) is 1. The van der Waals surface area contributed by atoms with Gasteiger partial charge in [0, 0.05) is 23.4 Å². The van der Waals surface area contributed by atoms with Crippen LogP contribution in [0.25, 0.3) is 10.9 Å². The first-order valence-corrected chi connectivity index (χ1v) is 9.92. The Kier molecular flexibility index (Phi) is 5.65. The number of piperidine rings is 1. The third-order valence-corrected chi connectivity index (χ3v) is 5.73. The minimum atomic E-state index is -0.275. The lowest BCUT2D eigenvalue weighted by atomic mass is 9.91. The summed E-state index contributed by atoms with van der Waals surface area (Å²) in [4.78, 5) is 7.15. The molecule has 1 aliphatic heterocycles. The van der Waals surface area contributed by atoms with Gasteiger partial charge in [-0.05, 0) is 67.9 Å². The Morgan fingerprint density at radius 2 is 1.97 bits per heavy atom. The topological polar surface area (TPSA) is 71.6 Å². The first-order chi connectivity index (χ1) is 14.1. The summed E-state index contributed by atoms with van der Waals surface area (Å²) in [5.41, 5.74) is 10.6. The lowest BCUT2D eigenvalue weighted by Crippen LogP contribution is -2.33. The number of likely N-dealkylation sites (tertiary alicyclic amines) is 1. The molecule has 0 unspecified atom stereocenters. The van der Waals surface area contributed by atoms with E-state index in [9.17, 15) is 9.50 Å². The number of rotatable bonds is 5. The Morgan fingerprint density at radius 3 is 2.69 bits per heavy atom. The number of pyridine rings is 1. The zero-order valence-electron chi connectivity index (χ0n) is 16.6. The normalized spacial score (nSPS) is 15.7. The number of aromatic nitrogens is 1. The monoisotopic (exact) mass is 395 g/mol. The number of nitrogens with zero attached hydrogens (tertiary/aromatic N) is 2. The number of hydrogen-bond donors (Lipinski definition) is 2. The van der Waals surface area contributed by atoms with Crippen LogP contribution in [0.5, 0.6) is 5.75 Å². The molecule has 6 heteroatoms. The van der Waals surface area contributed by atoms with Gasteiger partial charge in [0.05, 0.1) is 30.6 Å². The molecule has 0 atom stereocenters. The van der Waals surface area contributed by atoms with Crippen LogP contribution in [0.2, 0.25) is 0 Å². The fourth-order valence-corrected chi connectivity index (χ4v) is 4.18. The van der Waals surface area contributed by atoms with E-state index in [1.807, 2.05) is 24.3 Å². The first-order valence-electron chi connectivity index (χ1n) is 9.92. The van der Waals surface area contributed by atoms with Crippen molar-refractivity contribution in [3.05, 3.63) is 65.1 Å². The van der Waals surface area contributed by atoms with Gasteiger partial charge in [-0.3, -0.25) is 9.88 Å². The van der Waals surface area contributed by atoms with Crippen LogP contribution in [0.3, 0.4) is 0 Å². The molecule has 5 nitrogen and oxygen atoms in total. The van der Waals surface area contributed by atoms with Gasteiger partial charge in [0.25, 0.3) is 0 Å². The molecule has 3 N–H and O–H groups in total. The molecule has 4 rings (SSSR count). The van der Waals surface area contributed by atoms with E-state index in [1.165, 1.54) is 17.7 Å². The Morgan fingerprint density at radius 1 is 1.17 bits per heavy atom. The van der Waals surface area contributed by atoms with E-state index in [2.05, 4.69) is 4.90 Å². The van der Waals surface area contributed by atoms with Crippen molar-refractivity contribution in [1.29, 1.82) is 0 Å². The largest absolute Gasteiger partial charge is 0.496 e. The smallest absolute Gasteiger partial charge is 0.124 e. The highest BCUT2D eigenvalue weighted by molar-refractivity contribution is 5.82. The lowest BCUT2D eigenvalue weighted by molar-refractivity contribution is 0.203. The zero-order valence-corrected chi connectivity index (χ0v) is 16.6. The van der Waals surface area contributed by atoms with Gasteiger partial charge < -0.3 is 15.6 Å². The summed E-state index contributed by atoms with van der Waals surface area (Å²) >= 11 is 0. The number of nitrogen functional groups attached to an aromatic ring is 1. The molecule has 1 fully saturated rings. The molecule has 0 spiro atoms. The van der Waals surface area contributed by atoms with E-state index in [0.29, 0.717) is 17.4 Å². The van der Waals surface area contributed by atoms with Gasteiger partial charge in [-0.25, -0.2) is 4.39 Å². The lowest BCUT2D eigenvalue weighted by Gasteiger charge is -2.32. The quantitative estimate of drug-likeness (QED) is 0.687. The third kappa shape index (κ3) is 4.18. The number of methoxy groups -OCH3 is 1. The van der Waals surface area contributed by atoms with Crippen molar-refractivity contribution < 1.29 is 14.2 Å². The molecule has 0 bridgehead atoms. The fraction of sp³-hybridized carbons (Fsp3) is 0.348. The molecule has 152 valence electrons. The molecule has 0 amide bonds. The van der Waals surface area contributed by atoms with Crippen LogP contribution in [0.1, 0.15) is 35.6 Å². The van der Waals surface area contributed by atoms with Crippen LogP contribution in [0.15, 0.2) is 42.5 Å². The van der Waals surface area contributed by atoms with Crippen LogP contribution in [0, 0.1) is 5.82 Å². The van der Waals surface area contributed by atoms with Crippen LogP contribution in [-0.4, -0.2) is 35.2 Å². The van der Waals surface area contributed by atoms with Gasteiger partial charge >= 0.3 is 0 Å². The summed E-state index contributed by atoms with van der Waals surface area (Å²) in [5.74, 6) is 0.750. The molecule has 2 heterocycles. The summed E-state index contributed by atoms with van der Waals surface area (Å²) in [7, 11) is 1.61. The minimum absolute atomic E-state index is 0.0318. The number of fused-ring (bicyclic) bond motifs is 1.